The van der Waals surface area contributed by atoms with E-state index < -0.39 is 0 Å². The van der Waals surface area contributed by atoms with Crippen molar-refractivity contribution in [2.75, 3.05) is 0 Å². The number of hydrogen-bond donors (Lipinski definition) is 1. The Morgan fingerprint density at radius 3 is 2.29 bits per heavy atom. The summed E-state index contributed by atoms with van der Waals surface area (Å²) in [6.45, 7) is 13.6. The van der Waals surface area contributed by atoms with Gasteiger partial charge in [0, 0.05) is 24.6 Å². The molecule has 0 bridgehead atoms. The molecule has 0 spiro atoms. The molecule has 2 aromatic carbocycles. The second-order valence-corrected chi connectivity index (χ2v) is 10.4. The zero-order valence-corrected chi connectivity index (χ0v) is 21.4. The first-order valence-electron chi connectivity index (χ1n) is 12.7. The van der Waals surface area contributed by atoms with Gasteiger partial charge in [-0.25, -0.2) is 0 Å². The quantitative estimate of drug-likeness (QED) is 0.510. The van der Waals surface area contributed by atoms with Crippen molar-refractivity contribution in [2.45, 2.75) is 59.2 Å². The number of amides is 1. The molecule has 1 saturated heterocycles. The van der Waals surface area contributed by atoms with Crippen LogP contribution in [0.5, 0.6) is 0 Å². The predicted molar refractivity (Wildman–Crippen MR) is 144 cm³/mol. The first-order valence-corrected chi connectivity index (χ1v) is 12.7. The average Bonchev–Trinajstić information content (AvgIpc) is 3.28. The molecule has 5 rings (SSSR count). The number of hydrogen-bond acceptors (Lipinski definition) is 3. The third kappa shape index (κ3) is 5.82. The van der Waals surface area contributed by atoms with E-state index in [-0.39, 0.29) is 18.0 Å². The maximum atomic E-state index is 12.9. The molecule has 0 radical (unpaired) electrons. The zero-order valence-electron chi connectivity index (χ0n) is 21.4. The minimum atomic E-state index is -0.241. The summed E-state index contributed by atoms with van der Waals surface area (Å²) in [5.41, 5.74) is 7.18. The van der Waals surface area contributed by atoms with Gasteiger partial charge in [-0.3, -0.25) is 9.78 Å². The summed E-state index contributed by atoms with van der Waals surface area (Å²) in [4.78, 5) is 19.3. The van der Waals surface area contributed by atoms with Gasteiger partial charge in [-0.15, -0.1) is 0 Å². The Labute approximate surface area is 210 Å². The van der Waals surface area contributed by atoms with E-state index in [0.29, 0.717) is 12.5 Å². The highest BCUT2D eigenvalue weighted by molar-refractivity contribution is 5.83. The molecule has 1 amide bonds. The second kappa shape index (κ2) is 10.9. The molecule has 2 heterocycles. The lowest BCUT2D eigenvalue weighted by atomic mass is 9.90. The number of benzene rings is 2. The van der Waals surface area contributed by atoms with Crippen molar-refractivity contribution in [1.29, 1.82) is 0 Å². The van der Waals surface area contributed by atoms with E-state index in [9.17, 15) is 4.79 Å². The minimum Gasteiger partial charge on any atom is -0.358 e. The monoisotopic (exact) mass is 467 g/mol. The van der Waals surface area contributed by atoms with Gasteiger partial charge in [0.25, 0.3) is 0 Å². The third-order valence-electron chi connectivity index (χ3n) is 6.70. The van der Waals surface area contributed by atoms with Crippen molar-refractivity contribution in [1.82, 2.24) is 15.2 Å². The number of carbonyl (C=O) groups excluding carboxylic acids is 1. The standard InChI is InChI=1S/C27H27N3O.C4H10/c1-18-26(25-14-22-8-3-4-9-23(22)15-25)29-27(31)19(2)30(18)17-20-7-5-10-21(13-20)24-11-6-12-28-16-24;1-4(2)3/h3-13,16,19,25-26H,1,14-15,17H2,2H3,(H,29,31);4H,1-3H3. The molecule has 35 heavy (non-hydrogen) atoms. The summed E-state index contributed by atoms with van der Waals surface area (Å²) in [5.74, 6) is 1.27. The number of nitrogens with zero attached hydrogens (tertiary/aromatic N) is 2. The Morgan fingerprint density at radius 1 is 1.00 bits per heavy atom. The van der Waals surface area contributed by atoms with E-state index in [1.54, 1.807) is 6.20 Å². The largest absolute Gasteiger partial charge is 0.358 e. The summed E-state index contributed by atoms with van der Waals surface area (Å²) < 4.78 is 0. The fourth-order valence-corrected chi connectivity index (χ4v) is 4.96. The lowest BCUT2D eigenvalue weighted by Gasteiger charge is -2.43. The van der Waals surface area contributed by atoms with Crippen LogP contribution in [0.1, 0.15) is 44.4 Å². The van der Waals surface area contributed by atoms with Gasteiger partial charge in [0.1, 0.15) is 6.04 Å². The Hall–Kier alpha value is -3.40. The minimum absolute atomic E-state index is 0.0300. The molecular weight excluding hydrogens is 430 g/mol. The van der Waals surface area contributed by atoms with Crippen LogP contribution < -0.4 is 5.32 Å². The van der Waals surface area contributed by atoms with Gasteiger partial charge in [-0.05, 0) is 71.6 Å². The topological polar surface area (TPSA) is 45.2 Å². The molecule has 1 aliphatic heterocycles. The Bertz CT molecular complexity index is 1140. The molecule has 182 valence electrons. The number of aromatic nitrogens is 1. The first kappa shape index (κ1) is 24.7. The molecule has 0 saturated carbocycles. The number of rotatable bonds is 4. The van der Waals surface area contributed by atoms with Crippen LogP contribution in [0.15, 0.2) is 85.3 Å². The number of piperazine rings is 1. The van der Waals surface area contributed by atoms with Crippen molar-refractivity contribution >= 4 is 5.91 Å². The van der Waals surface area contributed by atoms with Crippen LogP contribution in [0.2, 0.25) is 0 Å². The molecule has 2 aliphatic rings. The fourth-order valence-electron chi connectivity index (χ4n) is 4.96. The second-order valence-electron chi connectivity index (χ2n) is 10.4. The third-order valence-corrected chi connectivity index (χ3v) is 6.70. The lowest BCUT2D eigenvalue weighted by molar-refractivity contribution is -0.128. The fraction of sp³-hybridized carbons (Fsp3) is 0.355. The molecule has 1 aromatic heterocycles. The van der Waals surface area contributed by atoms with Crippen molar-refractivity contribution in [3.05, 3.63) is 102 Å². The smallest absolute Gasteiger partial charge is 0.242 e. The zero-order chi connectivity index (χ0) is 24.9. The lowest BCUT2D eigenvalue weighted by Crippen LogP contribution is -2.59. The van der Waals surface area contributed by atoms with Crippen LogP contribution >= 0.6 is 0 Å². The SMILES string of the molecule is C=C1C(C2Cc3ccccc3C2)NC(=O)C(C)N1Cc1cccc(-c2cccnc2)c1.CC(C)C. The Morgan fingerprint density at radius 2 is 1.66 bits per heavy atom. The molecule has 1 N–H and O–H groups in total. The number of pyridine rings is 1. The molecule has 1 fully saturated rings. The van der Waals surface area contributed by atoms with Gasteiger partial charge in [-0.1, -0.05) is 75.9 Å². The van der Waals surface area contributed by atoms with E-state index in [2.05, 4.69) is 97.1 Å². The maximum absolute atomic E-state index is 12.9. The van der Waals surface area contributed by atoms with Crippen LogP contribution in [0.4, 0.5) is 0 Å². The summed E-state index contributed by atoms with van der Waals surface area (Å²) in [6, 6.07) is 20.8. The van der Waals surface area contributed by atoms with E-state index in [4.69, 9.17) is 0 Å². The highest BCUT2D eigenvalue weighted by atomic mass is 16.2. The van der Waals surface area contributed by atoms with Crippen LogP contribution in [0, 0.1) is 11.8 Å². The highest BCUT2D eigenvalue weighted by Crippen LogP contribution is 2.34. The summed E-state index contributed by atoms with van der Waals surface area (Å²) in [6.07, 6.45) is 5.63. The predicted octanol–water partition coefficient (Wildman–Crippen LogP) is 6.03. The van der Waals surface area contributed by atoms with Crippen LogP contribution in [0.3, 0.4) is 0 Å². The highest BCUT2D eigenvalue weighted by Gasteiger charge is 2.39. The van der Waals surface area contributed by atoms with Crippen LogP contribution in [0.25, 0.3) is 11.1 Å². The summed E-state index contributed by atoms with van der Waals surface area (Å²) in [7, 11) is 0. The van der Waals surface area contributed by atoms with Crippen molar-refractivity contribution in [2.24, 2.45) is 11.8 Å². The van der Waals surface area contributed by atoms with Gasteiger partial charge < -0.3 is 10.2 Å². The number of fused-ring (bicyclic) bond motifs is 1. The van der Waals surface area contributed by atoms with Gasteiger partial charge >= 0.3 is 0 Å². The van der Waals surface area contributed by atoms with Crippen LogP contribution in [-0.4, -0.2) is 27.9 Å². The van der Waals surface area contributed by atoms with Gasteiger partial charge in [0.15, 0.2) is 0 Å². The van der Waals surface area contributed by atoms with E-state index in [1.165, 1.54) is 11.1 Å². The molecule has 2 atom stereocenters. The number of carbonyl (C=O) groups is 1. The molecular formula is C31H37N3O. The van der Waals surface area contributed by atoms with Crippen molar-refractivity contribution < 1.29 is 4.79 Å². The van der Waals surface area contributed by atoms with Crippen molar-refractivity contribution in [3.8, 4) is 11.1 Å². The van der Waals surface area contributed by atoms with Crippen molar-refractivity contribution in [3.63, 3.8) is 0 Å². The molecule has 4 nitrogen and oxygen atoms in total. The number of nitrogens with one attached hydrogen (secondary N) is 1. The van der Waals surface area contributed by atoms with Gasteiger partial charge in [-0.2, -0.15) is 0 Å². The average molecular weight is 468 g/mol. The van der Waals surface area contributed by atoms with Gasteiger partial charge in [0.2, 0.25) is 5.91 Å². The normalized spacial score (nSPS) is 19.7. The maximum Gasteiger partial charge on any atom is 0.242 e. The van der Waals surface area contributed by atoms with E-state index in [1.807, 2.05) is 19.2 Å². The van der Waals surface area contributed by atoms with Gasteiger partial charge in [0.05, 0.1) is 6.04 Å². The van der Waals surface area contributed by atoms with Crippen LogP contribution in [-0.2, 0) is 24.2 Å². The van der Waals surface area contributed by atoms with E-state index in [0.717, 1.165) is 41.1 Å². The Balaban J connectivity index is 0.000000672. The Kier molecular flexibility index (Phi) is 7.70. The first-order chi connectivity index (χ1) is 16.8. The summed E-state index contributed by atoms with van der Waals surface area (Å²) >= 11 is 0. The molecule has 4 heteroatoms. The summed E-state index contributed by atoms with van der Waals surface area (Å²) in [5, 5.41) is 3.26. The molecule has 2 unspecified atom stereocenters. The molecule has 1 aliphatic carbocycles. The van der Waals surface area contributed by atoms with E-state index >= 15 is 0 Å². The molecule has 3 aromatic rings.